The molecule has 0 bridgehead atoms. The van der Waals surface area contributed by atoms with Gasteiger partial charge in [-0.05, 0) is 67.5 Å². The van der Waals surface area contributed by atoms with Crippen LogP contribution in [0.5, 0.6) is 11.5 Å². The largest absolute Gasteiger partial charge is 0.573 e. The second-order valence-corrected chi connectivity index (χ2v) is 9.22. The number of amides is 2. The zero-order chi connectivity index (χ0) is 26.1. The smallest absolute Gasteiger partial charge is 0.484 e. The van der Waals surface area contributed by atoms with Gasteiger partial charge in [0.15, 0.2) is 6.61 Å². The van der Waals surface area contributed by atoms with E-state index < -0.39 is 29.5 Å². The van der Waals surface area contributed by atoms with Gasteiger partial charge in [0.2, 0.25) is 0 Å². The van der Waals surface area contributed by atoms with Crippen molar-refractivity contribution in [2.75, 3.05) is 32.8 Å². The summed E-state index contributed by atoms with van der Waals surface area (Å²) in [4.78, 5) is 28.5. The lowest BCUT2D eigenvalue weighted by atomic mass is 9.77. The van der Waals surface area contributed by atoms with Crippen LogP contribution in [0.4, 0.5) is 22.0 Å². The highest BCUT2D eigenvalue weighted by Crippen LogP contribution is 2.41. The molecule has 0 atom stereocenters. The highest BCUT2D eigenvalue weighted by Gasteiger charge is 2.43. The molecule has 0 N–H and O–H groups in total. The van der Waals surface area contributed by atoms with Crippen LogP contribution in [-0.2, 0) is 4.79 Å². The summed E-state index contributed by atoms with van der Waals surface area (Å²) in [5, 5.41) is 0. The van der Waals surface area contributed by atoms with Gasteiger partial charge >= 0.3 is 6.36 Å². The summed E-state index contributed by atoms with van der Waals surface area (Å²) in [6.45, 7) is 2.85. The van der Waals surface area contributed by atoms with Gasteiger partial charge in [0, 0.05) is 26.2 Å². The molecule has 36 heavy (non-hydrogen) atoms. The summed E-state index contributed by atoms with van der Waals surface area (Å²) >= 11 is 0. The van der Waals surface area contributed by atoms with Crippen LogP contribution >= 0.6 is 0 Å². The Bertz CT molecular complexity index is 1130. The van der Waals surface area contributed by atoms with Gasteiger partial charge in [-0.25, -0.2) is 8.78 Å². The molecule has 0 aliphatic carbocycles. The lowest BCUT2D eigenvalue weighted by Crippen LogP contribution is -2.45. The molecule has 2 heterocycles. The van der Waals surface area contributed by atoms with Gasteiger partial charge in [-0.15, -0.1) is 13.2 Å². The molecule has 2 amide bonds. The predicted octanol–water partition coefficient (Wildman–Crippen LogP) is 4.71. The quantitative estimate of drug-likeness (QED) is 0.545. The van der Waals surface area contributed by atoms with Crippen LogP contribution in [0.15, 0.2) is 36.4 Å². The monoisotopic (exact) mass is 512 g/mol. The first-order chi connectivity index (χ1) is 17.0. The number of nitrogens with zero attached hydrogens (tertiary/aromatic N) is 2. The van der Waals surface area contributed by atoms with Gasteiger partial charge < -0.3 is 19.3 Å². The fourth-order valence-corrected chi connectivity index (χ4v) is 4.72. The summed E-state index contributed by atoms with van der Waals surface area (Å²) < 4.78 is 74.5. The Morgan fingerprint density at radius 2 is 1.50 bits per heavy atom. The number of hydrogen-bond acceptors (Lipinski definition) is 4. The zero-order valence-electron chi connectivity index (χ0n) is 19.5. The van der Waals surface area contributed by atoms with E-state index in [0.29, 0.717) is 39.0 Å². The summed E-state index contributed by atoms with van der Waals surface area (Å²) in [7, 11) is 0. The molecule has 0 saturated carbocycles. The fraction of sp³-hybridized carbons (Fsp3) is 0.440. The number of halogens is 5. The second-order valence-electron chi connectivity index (χ2n) is 9.22. The van der Waals surface area contributed by atoms with E-state index in [0.717, 1.165) is 24.6 Å². The Balaban J connectivity index is 1.28. The van der Waals surface area contributed by atoms with Crippen molar-refractivity contribution in [3.05, 3.63) is 59.2 Å². The van der Waals surface area contributed by atoms with E-state index in [1.807, 2.05) is 0 Å². The molecule has 0 aromatic heterocycles. The first-order valence-corrected chi connectivity index (χ1v) is 11.5. The summed E-state index contributed by atoms with van der Waals surface area (Å²) in [6.07, 6.45) is -2.87. The molecule has 4 rings (SSSR count). The molecular formula is C25H25F5N2O4. The Morgan fingerprint density at radius 3 is 2.11 bits per heavy atom. The molecule has 1 spiro atoms. The maximum Gasteiger partial charge on any atom is 0.573 e. The number of piperidine rings is 1. The Hall–Kier alpha value is -3.37. The number of alkyl halides is 3. The van der Waals surface area contributed by atoms with Crippen LogP contribution in [0.2, 0.25) is 0 Å². The third-order valence-electron chi connectivity index (χ3n) is 6.82. The summed E-state index contributed by atoms with van der Waals surface area (Å²) in [6, 6.07) is 7.14. The molecule has 2 aliphatic heterocycles. The minimum atomic E-state index is -4.79. The van der Waals surface area contributed by atoms with E-state index in [4.69, 9.17) is 4.74 Å². The molecule has 194 valence electrons. The van der Waals surface area contributed by atoms with Crippen LogP contribution in [0, 0.1) is 24.0 Å². The number of benzene rings is 2. The van der Waals surface area contributed by atoms with Crippen molar-refractivity contribution in [1.82, 2.24) is 9.80 Å². The van der Waals surface area contributed by atoms with Gasteiger partial charge in [0.05, 0.1) is 0 Å². The molecule has 2 aromatic rings. The van der Waals surface area contributed by atoms with Gasteiger partial charge in [-0.3, -0.25) is 9.59 Å². The molecular weight excluding hydrogens is 487 g/mol. The Kier molecular flexibility index (Phi) is 7.10. The fourth-order valence-electron chi connectivity index (χ4n) is 4.72. The van der Waals surface area contributed by atoms with Crippen molar-refractivity contribution < 1.29 is 41.0 Å². The van der Waals surface area contributed by atoms with Crippen molar-refractivity contribution in [3.63, 3.8) is 0 Å². The van der Waals surface area contributed by atoms with Crippen molar-refractivity contribution in [3.8, 4) is 11.5 Å². The lowest BCUT2D eigenvalue weighted by Gasteiger charge is -2.39. The highest BCUT2D eigenvalue weighted by molar-refractivity contribution is 5.95. The Labute approximate surface area is 204 Å². The van der Waals surface area contributed by atoms with Crippen molar-refractivity contribution in [2.45, 2.75) is 32.5 Å². The number of aryl methyl sites for hydroxylation is 1. The second kappa shape index (κ2) is 9.94. The minimum Gasteiger partial charge on any atom is -0.484 e. The van der Waals surface area contributed by atoms with Gasteiger partial charge in [-0.2, -0.15) is 0 Å². The average molecular weight is 512 g/mol. The normalized spacial score (nSPS) is 17.4. The number of ether oxygens (including phenoxy) is 2. The first-order valence-electron chi connectivity index (χ1n) is 11.5. The molecule has 2 fully saturated rings. The third kappa shape index (κ3) is 5.71. The Morgan fingerprint density at radius 1 is 0.917 bits per heavy atom. The summed E-state index contributed by atoms with van der Waals surface area (Å²) in [5.41, 5.74) is -0.525. The minimum absolute atomic E-state index is 0.188. The zero-order valence-corrected chi connectivity index (χ0v) is 19.5. The summed E-state index contributed by atoms with van der Waals surface area (Å²) in [5.74, 6) is -2.82. The van der Waals surface area contributed by atoms with Gasteiger partial charge in [0.25, 0.3) is 11.8 Å². The average Bonchev–Trinajstić information content (AvgIpc) is 3.24. The SMILES string of the molecule is Cc1ccc(F)c(C(=O)N2CCC3(CCN(C(=O)COc4ccc(OC(F)(F)F)cc4)C3)CC2)c1F. The van der Waals surface area contributed by atoms with Crippen molar-refractivity contribution in [2.24, 2.45) is 5.41 Å². The molecule has 0 unspecified atom stereocenters. The van der Waals surface area contributed by atoms with Crippen molar-refractivity contribution >= 4 is 11.8 Å². The number of likely N-dealkylation sites (tertiary alicyclic amines) is 2. The maximum absolute atomic E-state index is 14.4. The van der Waals surface area contributed by atoms with E-state index in [9.17, 15) is 31.5 Å². The molecule has 6 nitrogen and oxygen atoms in total. The molecule has 0 radical (unpaired) electrons. The van der Waals surface area contributed by atoms with Gasteiger partial charge in [0.1, 0.15) is 28.7 Å². The first kappa shape index (κ1) is 25.7. The number of carbonyl (C=O) groups excluding carboxylic acids is 2. The van der Waals surface area contributed by atoms with Crippen molar-refractivity contribution in [1.29, 1.82) is 0 Å². The van der Waals surface area contributed by atoms with E-state index >= 15 is 0 Å². The van der Waals surface area contributed by atoms with Gasteiger partial charge in [-0.1, -0.05) is 6.07 Å². The molecule has 2 aliphatic rings. The predicted molar refractivity (Wildman–Crippen MR) is 118 cm³/mol. The molecule has 11 heteroatoms. The van der Waals surface area contributed by atoms with Crippen LogP contribution in [0.3, 0.4) is 0 Å². The van der Waals surface area contributed by atoms with E-state index in [1.54, 1.807) is 4.90 Å². The lowest BCUT2D eigenvalue weighted by molar-refractivity contribution is -0.274. The maximum atomic E-state index is 14.4. The third-order valence-corrected chi connectivity index (χ3v) is 6.82. The van der Waals surface area contributed by atoms with E-state index in [-0.39, 0.29) is 35.0 Å². The topological polar surface area (TPSA) is 59.1 Å². The number of hydrogen-bond donors (Lipinski definition) is 0. The van der Waals surface area contributed by atoms with Crippen LogP contribution in [0.25, 0.3) is 0 Å². The van der Waals surface area contributed by atoms with E-state index in [1.165, 1.54) is 30.0 Å². The standard InChI is InChI=1S/C25H25F5N2O4/c1-16-2-7-19(26)21(22(16)27)23(34)31-11-8-24(9-12-31)10-13-32(15-24)20(33)14-35-17-3-5-18(6-4-17)36-25(28,29)30/h2-7H,8-15H2,1H3. The number of carbonyl (C=O) groups is 2. The molecule has 2 aromatic carbocycles. The van der Waals surface area contributed by atoms with Crippen LogP contribution in [-0.4, -0.2) is 60.8 Å². The number of rotatable bonds is 5. The van der Waals surface area contributed by atoms with E-state index in [2.05, 4.69) is 4.74 Å². The van der Waals surface area contributed by atoms with Crippen LogP contribution < -0.4 is 9.47 Å². The molecule has 2 saturated heterocycles. The van der Waals surface area contributed by atoms with Crippen LogP contribution in [0.1, 0.15) is 35.2 Å². The highest BCUT2D eigenvalue weighted by atomic mass is 19.4.